The van der Waals surface area contributed by atoms with Crippen LogP contribution in [-0.4, -0.2) is 33.7 Å². The van der Waals surface area contributed by atoms with Gasteiger partial charge in [-0.2, -0.15) is 0 Å². The third-order valence-corrected chi connectivity index (χ3v) is 5.36. The van der Waals surface area contributed by atoms with Crippen molar-refractivity contribution in [3.05, 3.63) is 59.7 Å². The molecule has 138 valence electrons. The van der Waals surface area contributed by atoms with Gasteiger partial charge in [0.25, 0.3) is 0 Å². The number of ether oxygens (including phenoxy) is 1. The number of benzene rings is 2. The van der Waals surface area contributed by atoms with Crippen molar-refractivity contribution in [3.63, 3.8) is 0 Å². The number of hydrogen-bond acceptors (Lipinski definition) is 4. The second kappa shape index (κ2) is 7.00. The summed E-state index contributed by atoms with van der Waals surface area (Å²) in [6.07, 6.45) is -1.33. The molecule has 0 aromatic heterocycles. The summed E-state index contributed by atoms with van der Waals surface area (Å²) in [4.78, 5) is 12.7. The Morgan fingerprint density at radius 3 is 2.54 bits per heavy atom. The maximum atomic E-state index is 13.7. The highest BCUT2D eigenvalue weighted by molar-refractivity contribution is 7.89. The van der Waals surface area contributed by atoms with Crippen LogP contribution < -0.4 is 9.62 Å². The first-order valence-corrected chi connectivity index (χ1v) is 9.24. The summed E-state index contributed by atoms with van der Waals surface area (Å²) < 4.78 is 58.3. The fourth-order valence-corrected chi connectivity index (χ4v) is 3.66. The van der Waals surface area contributed by atoms with E-state index in [2.05, 4.69) is 4.72 Å². The van der Waals surface area contributed by atoms with E-state index in [9.17, 15) is 22.0 Å². The first-order chi connectivity index (χ1) is 12.3. The molecule has 0 bridgehead atoms. The van der Waals surface area contributed by atoms with Gasteiger partial charge in [0.1, 0.15) is 22.6 Å². The zero-order chi connectivity index (χ0) is 18.9. The summed E-state index contributed by atoms with van der Waals surface area (Å²) in [5.41, 5.74) is 1.67. The van der Waals surface area contributed by atoms with Crippen LogP contribution in [0.4, 0.5) is 19.3 Å². The highest BCUT2D eigenvalue weighted by atomic mass is 32.2. The third kappa shape index (κ3) is 3.83. The minimum absolute atomic E-state index is 0.149. The van der Waals surface area contributed by atoms with E-state index in [0.29, 0.717) is 11.8 Å². The molecule has 1 fully saturated rings. The average molecular weight is 382 g/mol. The molecule has 1 amide bonds. The number of nitrogens with one attached hydrogen (secondary N) is 1. The average Bonchev–Trinajstić information content (AvgIpc) is 2.94. The van der Waals surface area contributed by atoms with Gasteiger partial charge in [-0.05, 0) is 31.2 Å². The topological polar surface area (TPSA) is 75.7 Å². The minimum atomic E-state index is -4.20. The smallest absolute Gasteiger partial charge is 0.414 e. The molecule has 1 aliphatic rings. The molecule has 3 rings (SSSR count). The van der Waals surface area contributed by atoms with E-state index in [1.165, 1.54) is 4.90 Å². The van der Waals surface area contributed by atoms with Crippen molar-refractivity contribution in [1.82, 2.24) is 4.72 Å². The van der Waals surface area contributed by atoms with Gasteiger partial charge in [-0.15, -0.1) is 0 Å². The first kappa shape index (κ1) is 18.3. The SMILES string of the molecule is Cc1ccc(N2C[C@H](CNS(=O)(=O)c3ccc(F)cc3F)OC2=O)cc1. The summed E-state index contributed by atoms with van der Waals surface area (Å²) >= 11 is 0. The van der Waals surface area contributed by atoms with Crippen molar-refractivity contribution < 1.29 is 26.7 Å². The van der Waals surface area contributed by atoms with Crippen molar-refractivity contribution in [2.45, 2.75) is 17.9 Å². The van der Waals surface area contributed by atoms with Crippen LogP contribution >= 0.6 is 0 Å². The van der Waals surface area contributed by atoms with Gasteiger partial charge >= 0.3 is 6.09 Å². The Morgan fingerprint density at radius 2 is 1.88 bits per heavy atom. The van der Waals surface area contributed by atoms with Crippen LogP contribution in [0, 0.1) is 18.6 Å². The van der Waals surface area contributed by atoms with Crippen LogP contribution in [0.2, 0.25) is 0 Å². The standard InChI is InChI=1S/C17H16F2N2O4S/c1-11-2-5-13(6-3-11)21-10-14(25-17(21)22)9-20-26(23,24)16-7-4-12(18)8-15(16)19/h2-8,14,20H,9-10H2,1H3/t14-/m0/s1. The van der Waals surface area contributed by atoms with Gasteiger partial charge in [0.2, 0.25) is 10.0 Å². The lowest BCUT2D eigenvalue weighted by Gasteiger charge is -2.13. The third-order valence-electron chi connectivity index (χ3n) is 3.90. The summed E-state index contributed by atoms with van der Waals surface area (Å²) in [6.45, 7) is 1.84. The molecule has 0 unspecified atom stereocenters. The molecule has 0 saturated carbocycles. The molecular formula is C17H16F2N2O4S. The second-order valence-corrected chi connectivity index (χ2v) is 7.61. The van der Waals surface area contributed by atoms with Crippen LogP contribution in [0.25, 0.3) is 0 Å². The van der Waals surface area contributed by atoms with Crippen molar-refractivity contribution in [2.75, 3.05) is 18.0 Å². The van der Waals surface area contributed by atoms with Crippen molar-refractivity contribution in [1.29, 1.82) is 0 Å². The fraction of sp³-hybridized carbons (Fsp3) is 0.235. The fourth-order valence-electron chi connectivity index (χ4n) is 2.54. The molecule has 1 saturated heterocycles. The first-order valence-electron chi connectivity index (χ1n) is 7.76. The number of amides is 1. The molecule has 9 heteroatoms. The molecule has 1 N–H and O–H groups in total. The van der Waals surface area contributed by atoms with Gasteiger partial charge in [-0.3, -0.25) is 4.90 Å². The maximum absolute atomic E-state index is 13.7. The molecule has 0 radical (unpaired) electrons. The molecule has 1 atom stereocenters. The number of sulfonamides is 1. The zero-order valence-electron chi connectivity index (χ0n) is 13.8. The van der Waals surface area contributed by atoms with Crippen molar-refractivity contribution in [3.8, 4) is 0 Å². The van der Waals surface area contributed by atoms with Crippen LogP contribution in [0.1, 0.15) is 5.56 Å². The molecule has 2 aromatic carbocycles. The Bertz CT molecular complexity index is 932. The minimum Gasteiger partial charge on any atom is -0.443 e. The van der Waals surface area contributed by atoms with Crippen LogP contribution in [0.5, 0.6) is 0 Å². The highest BCUT2D eigenvalue weighted by Crippen LogP contribution is 2.22. The van der Waals surface area contributed by atoms with E-state index in [1.54, 1.807) is 12.1 Å². The molecule has 6 nitrogen and oxygen atoms in total. The van der Waals surface area contributed by atoms with Gasteiger partial charge in [0.15, 0.2) is 0 Å². The molecule has 0 spiro atoms. The Kier molecular flexibility index (Phi) is 4.92. The quantitative estimate of drug-likeness (QED) is 0.863. The number of aryl methyl sites for hydroxylation is 1. The summed E-state index contributed by atoms with van der Waals surface area (Å²) in [6, 6.07) is 9.39. The van der Waals surface area contributed by atoms with E-state index in [0.717, 1.165) is 17.7 Å². The number of cyclic esters (lactones) is 1. The lowest BCUT2D eigenvalue weighted by molar-refractivity contribution is 0.143. The van der Waals surface area contributed by atoms with Crippen molar-refractivity contribution in [2.24, 2.45) is 0 Å². The lowest BCUT2D eigenvalue weighted by Crippen LogP contribution is -2.35. The predicted molar refractivity (Wildman–Crippen MR) is 90.3 cm³/mol. The van der Waals surface area contributed by atoms with E-state index < -0.39 is 38.8 Å². The van der Waals surface area contributed by atoms with Gasteiger partial charge in [0, 0.05) is 18.3 Å². The van der Waals surface area contributed by atoms with Gasteiger partial charge in [-0.1, -0.05) is 17.7 Å². The number of carbonyl (C=O) groups excluding carboxylic acids is 1. The van der Waals surface area contributed by atoms with Gasteiger partial charge in [0.05, 0.1) is 6.54 Å². The lowest BCUT2D eigenvalue weighted by atomic mass is 10.2. The summed E-state index contributed by atoms with van der Waals surface area (Å²) in [5.74, 6) is -2.07. The van der Waals surface area contributed by atoms with Crippen molar-refractivity contribution >= 4 is 21.8 Å². The molecule has 0 aliphatic carbocycles. The monoisotopic (exact) mass is 382 g/mol. The Hall–Kier alpha value is -2.52. The zero-order valence-corrected chi connectivity index (χ0v) is 14.6. The Balaban J connectivity index is 1.66. The second-order valence-electron chi connectivity index (χ2n) is 5.88. The number of halogens is 2. The molecular weight excluding hydrogens is 366 g/mol. The summed E-state index contributed by atoms with van der Waals surface area (Å²) in [7, 11) is -4.20. The highest BCUT2D eigenvalue weighted by Gasteiger charge is 2.33. The number of anilines is 1. The molecule has 2 aromatic rings. The van der Waals surface area contributed by atoms with Gasteiger partial charge in [-0.25, -0.2) is 26.7 Å². The molecule has 1 heterocycles. The summed E-state index contributed by atoms with van der Waals surface area (Å²) in [5, 5.41) is 0. The largest absolute Gasteiger partial charge is 0.443 e. The molecule has 1 aliphatic heterocycles. The predicted octanol–water partition coefficient (Wildman–Crippen LogP) is 2.58. The number of rotatable bonds is 5. The number of hydrogen-bond donors (Lipinski definition) is 1. The number of carbonyl (C=O) groups is 1. The molecule has 26 heavy (non-hydrogen) atoms. The van der Waals surface area contributed by atoms with E-state index >= 15 is 0 Å². The maximum Gasteiger partial charge on any atom is 0.414 e. The van der Waals surface area contributed by atoms with E-state index in [4.69, 9.17) is 4.74 Å². The number of nitrogens with zero attached hydrogens (tertiary/aromatic N) is 1. The Labute approximate surface area is 149 Å². The van der Waals surface area contributed by atoms with E-state index in [-0.39, 0.29) is 13.1 Å². The normalized spacial score (nSPS) is 17.4. The van der Waals surface area contributed by atoms with Crippen LogP contribution in [0.15, 0.2) is 47.4 Å². The van der Waals surface area contributed by atoms with Gasteiger partial charge < -0.3 is 4.74 Å². The van der Waals surface area contributed by atoms with Crippen LogP contribution in [-0.2, 0) is 14.8 Å². The van der Waals surface area contributed by atoms with E-state index in [1.807, 2.05) is 19.1 Å². The van der Waals surface area contributed by atoms with Crippen LogP contribution in [0.3, 0.4) is 0 Å². The Morgan fingerprint density at radius 1 is 1.19 bits per heavy atom.